The van der Waals surface area contributed by atoms with E-state index in [0.717, 1.165) is 19.4 Å². The summed E-state index contributed by atoms with van der Waals surface area (Å²) in [5, 5.41) is 0. The molecule has 0 aromatic carbocycles. The highest BCUT2D eigenvalue weighted by Gasteiger charge is 2.12. The Balaban J connectivity index is 2.21. The van der Waals surface area contributed by atoms with Crippen LogP contribution < -0.4 is 0 Å². The first-order valence-electron chi connectivity index (χ1n) is 4.13. The molecule has 0 aromatic heterocycles. The molecule has 0 fully saturated rings. The number of hydrogen-bond donors (Lipinski definition) is 0. The summed E-state index contributed by atoms with van der Waals surface area (Å²) in [5.41, 5.74) is 1.32. The Bertz CT molecular complexity index is 223. The van der Waals surface area contributed by atoms with Gasteiger partial charge in [-0.3, -0.25) is 0 Å². The maximum absolute atomic E-state index is 5.60. The number of fused-ring (bicyclic) bond motifs is 1. The number of hydrogen-bond acceptors (Lipinski definition) is 1. The molecule has 58 valence electrons. The predicted octanol–water partition coefficient (Wildman–Crippen LogP) is 2.22. The zero-order valence-electron chi connectivity index (χ0n) is 6.49. The first-order valence-corrected chi connectivity index (χ1v) is 4.13. The van der Waals surface area contributed by atoms with E-state index in [9.17, 15) is 0 Å². The highest BCUT2D eigenvalue weighted by atomic mass is 16.5. The Hall–Kier alpha value is -0.820. The number of allylic oxidation sites excluding steroid dienone is 3. The largest absolute Gasteiger partial charge is 0.369 e. The van der Waals surface area contributed by atoms with Gasteiger partial charge in [-0.2, -0.15) is 0 Å². The van der Waals surface area contributed by atoms with Crippen LogP contribution in [0.1, 0.15) is 12.8 Å². The second-order valence-electron chi connectivity index (χ2n) is 2.88. The van der Waals surface area contributed by atoms with E-state index in [1.807, 2.05) is 6.08 Å². The molecule has 11 heavy (non-hydrogen) atoms. The first kappa shape index (κ1) is 6.86. The molecule has 0 saturated heterocycles. The molecule has 2 rings (SSSR count). The summed E-state index contributed by atoms with van der Waals surface area (Å²) < 4.78 is 5.60. The van der Waals surface area contributed by atoms with Crippen LogP contribution in [0.2, 0.25) is 0 Å². The van der Waals surface area contributed by atoms with Gasteiger partial charge < -0.3 is 4.74 Å². The van der Waals surface area contributed by atoms with Gasteiger partial charge in [0, 0.05) is 6.61 Å². The lowest BCUT2D eigenvalue weighted by atomic mass is 10.0. The third-order valence-electron chi connectivity index (χ3n) is 2.04. The van der Waals surface area contributed by atoms with Crippen LogP contribution in [0.4, 0.5) is 0 Å². The molecule has 1 heteroatoms. The SMILES string of the molecule is C1=CC2=CCCCOC2C=C1. The molecule has 1 unspecified atom stereocenters. The van der Waals surface area contributed by atoms with Crippen LogP contribution >= 0.6 is 0 Å². The van der Waals surface area contributed by atoms with Crippen molar-refractivity contribution < 1.29 is 4.74 Å². The third kappa shape index (κ3) is 1.43. The quantitative estimate of drug-likeness (QED) is 0.511. The summed E-state index contributed by atoms with van der Waals surface area (Å²) in [4.78, 5) is 0. The van der Waals surface area contributed by atoms with Gasteiger partial charge in [0.1, 0.15) is 6.10 Å². The highest BCUT2D eigenvalue weighted by molar-refractivity contribution is 5.34. The Morgan fingerprint density at radius 1 is 1.36 bits per heavy atom. The standard InChI is InChI=1S/C10H12O/c1-2-7-10-9(5-1)6-3-4-8-11-10/h1-2,5-7,10H,3-4,8H2. The molecular formula is C10H12O. The maximum Gasteiger partial charge on any atom is 0.101 e. The van der Waals surface area contributed by atoms with E-state index in [1.54, 1.807) is 0 Å². The molecule has 2 aliphatic rings. The van der Waals surface area contributed by atoms with Crippen LogP contribution in [0, 0.1) is 0 Å². The fraction of sp³-hybridized carbons (Fsp3) is 0.400. The van der Waals surface area contributed by atoms with Gasteiger partial charge in [0.25, 0.3) is 0 Å². The van der Waals surface area contributed by atoms with E-state index in [4.69, 9.17) is 4.74 Å². The minimum absolute atomic E-state index is 0.238. The van der Waals surface area contributed by atoms with Crippen molar-refractivity contribution in [1.29, 1.82) is 0 Å². The summed E-state index contributed by atoms with van der Waals surface area (Å²) in [6.07, 6.45) is 13.2. The van der Waals surface area contributed by atoms with Crippen molar-refractivity contribution in [2.75, 3.05) is 6.61 Å². The number of ether oxygens (including phenoxy) is 1. The zero-order chi connectivity index (χ0) is 7.52. The van der Waals surface area contributed by atoms with Gasteiger partial charge in [-0.15, -0.1) is 0 Å². The fourth-order valence-electron chi connectivity index (χ4n) is 1.44. The second-order valence-corrected chi connectivity index (χ2v) is 2.88. The topological polar surface area (TPSA) is 9.23 Å². The molecular weight excluding hydrogens is 136 g/mol. The van der Waals surface area contributed by atoms with Crippen LogP contribution in [-0.2, 0) is 4.74 Å². The molecule has 0 saturated carbocycles. The fourth-order valence-corrected chi connectivity index (χ4v) is 1.44. The van der Waals surface area contributed by atoms with Crippen LogP contribution in [0.25, 0.3) is 0 Å². The van der Waals surface area contributed by atoms with Crippen molar-refractivity contribution in [1.82, 2.24) is 0 Å². The summed E-state index contributed by atoms with van der Waals surface area (Å²) in [7, 11) is 0. The molecule has 1 aliphatic carbocycles. The van der Waals surface area contributed by atoms with Crippen molar-refractivity contribution in [3.05, 3.63) is 36.0 Å². The van der Waals surface area contributed by atoms with E-state index in [-0.39, 0.29) is 6.10 Å². The average molecular weight is 148 g/mol. The maximum atomic E-state index is 5.60. The Kier molecular flexibility index (Phi) is 1.91. The van der Waals surface area contributed by atoms with Gasteiger partial charge in [0.2, 0.25) is 0 Å². The summed E-state index contributed by atoms with van der Waals surface area (Å²) in [5.74, 6) is 0. The van der Waals surface area contributed by atoms with Crippen molar-refractivity contribution in [2.24, 2.45) is 0 Å². The summed E-state index contributed by atoms with van der Waals surface area (Å²) >= 11 is 0. The van der Waals surface area contributed by atoms with E-state index in [2.05, 4.69) is 24.3 Å². The van der Waals surface area contributed by atoms with Gasteiger partial charge in [-0.1, -0.05) is 30.4 Å². The Morgan fingerprint density at radius 2 is 2.36 bits per heavy atom. The third-order valence-corrected chi connectivity index (χ3v) is 2.04. The van der Waals surface area contributed by atoms with Crippen molar-refractivity contribution in [3.8, 4) is 0 Å². The second kappa shape index (κ2) is 3.05. The van der Waals surface area contributed by atoms with E-state index < -0.39 is 0 Å². The number of rotatable bonds is 0. The minimum Gasteiger partial charge on any atom is -0.369 e. The molecule has 1 nitrogen and oxygen atoms in total. The van der Waals surface area contributed by atoms with Crippen LogP contribution in [0.3, 0.4) is 0 Å². The van der Waals surface area contributed by atoms with Crippen molar-refractivity contribution >= 4 is 0 Å². The van der Waals surface area contributed by atoms with Crippen molar-refractivity contribution in [3.63, 3.8) is 0 Å². The summed E-state index contributed by atoms with van der Waals surface area (Å²) in [6, 6.07) is 0. The molecule has 0 amide bonds. The molecule has 0 spiro atoms. The molecule has 1 heterocycles. The molecule has 1 aliphatic heterocycles. The van der Waals surface area contributed by atoms with Gasteiger partial charge in [0.05, 0.1) is 0 Å². The molecule has 0 radical (unpaired) electrons. The van der Waals surface area contributed by atoms with Crippen LogP contribution in [0.5, 0.6) is 0 Å². The molecule has 1 atom stereocenters. The van der Waals surface area contributed by atoms with Crippen molar-refractivity contribution in [2.45, 2.75) is 18.9 Å². The molecule has 0 N–H and O–H groups in total. The minimum atomic E-state index is 0.238. The highest BCUT2D eigenvalue weighted by Crippen LogP contribution is 2.19. The van der Waals surface area contributed by atoms with E-state index in [1.165, 1.54) is 5.57 Å². The lowest BCUT2D eigenvalue weighted by Crippen LogP contribution is -2.12. The van der Waals surface area contributed by atoms with Gasteiger partial charge in [-0.05, 0) is 18.4 Å². The normalized spacial score (nSPS) is 29.1. The first-order chi connectivity index (χ1) is 5.47. The van der Waals surface area contributed by atoms with Crippen LogP contribution in [-0.4, -0.2) is 12.7 Å². The summed E-state index contributed by atoms with van der Waals surface area (Å²) in [6.45, 7) is 0.892. The smallest absolute Gasteiger partial charge is 0.101 e. The Morgan fingerprint density at radius 3 is 3.36 bits per heavy atom. The molecule has 0 aromatic rings. The van der Waals surface area contributed by atoms with Gasteiger partial charge in [-0.25, -0.2) is 0 Å². The van der Waals surface area contributed by atoms with Gasteiger partial charge >= 0.3 is 0 Å². The monoisotopic (exact) mass is 148 g/mol. The van der Waals surface area contributed by atoms with Gasteiger partial charge in [0.15, 0.2) is 0 Å². The Labute approximate surface area is 67.1 Å². The lowest BCUT2D eigenvalue weighted by molar-refractivity contribution is 0.113. The zero-order valence-corrected chi connectivity index (χ0v) is 6.49. The lowest BCUT2D eigenvalue weighted by Gasteiger charge is -2.14. The average Bonchev–Trinajstić information content (AvgIpc) is 2.28. The predicted molar refractivity (Wildman–Crippen MR) is 45.3 cm³/mol. The van der Waals surface area contributed by atoms with E-state index in [0.29, 0.717) is 0 Å². The molecule has 0 bridgehead atoms. The van der Waals surface area contributed by atoms with E-state index >= 15 is 0 Å². The van der Waals surface area contributed by atoms with Crippen LogP contribution in [0.15, 0.2) is 36.0 Å².